The van der Waals surface area contributed by atoms with Crippen LogP contribution in [0.25, 0.3) is 0 Å². The summed E-state index contributed by atoms with van der Waals surface area (Å²) in [5.41, 5.74) is 4.52. The van der Waals surface area contributed by atoms with Gasteiger partial charge in [0.05, 0.1) is 5.75 Å². The topological polar surface area (TPSA) is 79.0 Å². The lowest BCUT2D eigenvalue weighted by atomic mass is 10.3. The van der Waals surface area contributed by atoms with Crippen molar-refractivity contribution in [2.24, 2.45) is 5.73 Å². The standard InChI is InChI=1S/C9H9F2N3OS/c10-5-2-1-3-6(11)8(5)14-7(15)4-16-9(12)13/h1-3H,4H2,(H3,12,13)(H,14,15). The Labute approximate surface area is 94.7 Å². The quantitative estimate of drug-likeness (QED) is 0.558. The molecule has 0 saturated heterocycles. The van der Waals surface area contributed by atoms with Crippen LogP contribution in [0.4, 0.5) is 14.5 Å². The van der Waals surface area contributed by atoms with Gasteiger partial charge in [0.25, 0.3) is 0 Å². The third-order valence-corrected chi connectivity index (χ3v) is 2.30. The number of hydrogen-bond acceptors (Lipinski definition) is 3. The molecular formula is C9H9F2N3OS. The SMILES string of the molecule is N=C(N)SCC(=O)Nc1c(F)cccc1F. The van der Waals surface area contributed by atoms with Crippen LogP contribution in [0.5, 0.6) is 0 Å². The molecule has 0 heterocycles. The van der Waals surface area contributed by atoms with Gasteiger partial charge in [-0.05, 0) is 12.1 Å². The average molecular weight is 245 g/mol. The van der Waals surface area contributed by atoms with E-state index in [0.717, 1.165) is 23.9 Å². The predicted molar refractivity (Wildman–Crippen MR) is 59.4 cm³/mol. The van der Waals surface area contributed by atoms with Crippen LogP contribution < -0.4 is 11.1 Å². The molecule has 1 amide bonds. The first kappa shape index (κ1) is 12.4. The van der Waals surface area contributed by atoms with Gasteiger partial charge in [0, 0.05) is 0 Å². The average Bonchev–Trinajstić information content (AvgIpc) is 2.21. The number of nitrogens with two attached hydrogens (primary N) is 1. The van der Waals surface area contributed by atoms with Crippen LogP contribution >= 0.6 is 11.8 Å². The lowest BCUT2D eigenvalue weighted by Crippen LogP contribution is -2.18. The van der Waals surface area contributed by atoms with Crippen molar-refractivity contribution in [3.05, 3.63) is 29.8 Å². The number of benzene rings is 1. The van der Waals surface area contributed by atoms with Crippen molar-refractivity contribution >= 4 is 28.5 Å². The van der Waals surface area contributed by atoms with E-state index >= 15 is 0 Å². The molecule has 4 N–H and O–H groups in total. The first-order valence-electron chi connectivity index (χ1n) is 4.21. The van der Waals surface area contributed by atoms with Gasteiger partial charge in [0.1, 0.15) is 17.3 Å². The molecule has 0 fully saturated rings. The van der Waals surface area contributed by atoms with Crippen LogP contribution in [0.3, 0.4) is 0 Å². The van der Waals surface area contributed by atoms with Crippen LogP contribution in [0, 0.1) is 17.0 Å². The van der Waals surface area contributed by atoms with Gasteiger partial charge in [-0.1, -0.05) is 17.8 Å². The molecule has 0 aromatic heterocycles. The number of amides is 1. The largest absolute Gasteiger partial charge is 0.379 e. The van der Waals surface area contributed by atoms with Gasteiger partial charge in [-0.3, -0.25) is 10.2 Å². The minimum atomic E-state index is -0.846. The third kappa shape index (κ3) is 3.50. The molecule has 0 aliphatic rings. The van der Waals surface area contributed by atoms with Gasteiger partial charge in [-0.2, -0.15) is 0 Å². The fourth-order valence-electron chi connectivity index (χ4n) is 0.936. The Morgan fingerprint density at radius 3 is 2.50 bits per heavy atom. The zero-order valence-electron chi connectivity index (χ0n) is 8.09. The normalized spacial score (nSPS) is 9.88. The molecular weight excluding hydrogens is 236 g/mol. The minimum Gasteiger partial charge on any atom is -0.379 e. The van der Waals surface area contributed by atoms with E-state index in [0.29, 0.717) is 0 Å². The summed E-state index contributed by atoms with van der Waals surface area (Å²) in [6, 6.07) is 3.28. The van der Waals surface area contributed by atoms with E-state index in [9.17, 15) is 13.6 Å². The van der Waals surface area contributed by atoms with Crippen molar-refractivity contribution in [3.63, 3.8) is 0 Å². The van der Waals surface area contributed by atoms with Crippen LogP contribution in [0.2, 0.25) is 0 Å². The monoisotopic (exact) mass is 245 g/mol. The molecule has 1 rings (SSSR count). The van der Waals surface area contributed by atoms with Gasteiger partial charge in [-0.15, -0.1) is 0 Å². The number of para-hydroxylation sites is 1. The van der Waals surface area contributed by atoms with Crippen LogP contribution in [0.1, 0.15) is 0 Å². The Kier molecular flexibility index (Phi) is 4.24. The van der Waals surface area contributed by atoms with Gasteiger partial charge >= 0.3 is 0 Å². The summed E-state index contributed by atoms with van der Waals surface area (Å²) in [7, 11) is 0. The summed E-state index contributed by atoms with van der Waals surface area (Å²) in [6.07, 6.45) is 0. The third-order valence-electron chi connectivity index (χ3n) is 1.59. The fourth-order valence-corrected chi connectivity index (χ4v) is 1.29. The molecule has 0 radical (unpaired) electrons. The summed E-state index contributed by atoms with van der Waals surface area (Å²) >= 11 is 0.774. The highest BCUT2D eigenvalue weighted by atomic mass is 32.2. The minimum absolute atomic E-state index is 0.164. The highest BCUT2D eigenvalue weighted by Crippen LogP contribution is 2.18. The second kappa shape index (κ2) is 5.45. The van der Waals surface area contributed by atoms with Crippen LogP contribution in [-0.2, 0) is 4.79 Å². The summed E-state index contributed by atoms with van der Waals surface area (Å²) in [5.74, 6) is -2.48. The Hall–Kier alpha value is -1.63. The van der Waals surface area contributed by atoms with E-state index in [2.05, 4.69) is 5.32 Å². The molecule has 0 aliphatic heterocycles. The summed E-state index contributed by atoms with van der Waals surface area (Å²) in [5, 5.41) is 8.70. The van der Waals surface area contributed by atoms with E-state index in [1.54, 1.807) is 0 Å². The number of halogens is 2. The molecule has 0 saturated carbocycles. The van der Waals surface area contributed by atoms with Crippen molar-refractivity contribution in [2.45, 2.75) is 0 Å². The Balaban J connectivity index is 2.66. The smallest absolute Gasteiger partial charge is 0.235 e. The van der Waals surface area contributed by atoms with Crippen LogP contribution in [-0.4, -0.2) is 16.8 Å². The van der Waals surface area contributed by atoms with Crippen molar-refractivity contribution < 1.29 is 13.6 Å². The van der Waals surface area contributed by atoms with Crippen molar-refractivity contribution in [3.8, 4) is 0 Å². The molecule has 1 aromatic carbocycles. The van der Waals surface area contributed by atoms with E-state index in [1.807, 2.05) is 0 Å². The Morgan fingerprint density at radius 1 is 1.44 bits per heavy atom. The van der Waals surface area contributed by atoms with E-state index < -0.39 is 23.2 Å². The Bertz CT molecular complexity index is 405. The summed E-state index contributed by atoms with van der Waals surface area (Å²) in [4.78, 5) is 11.2. The maximum atomic E-state index is 13.1. The maximum Gasteiger partial charge on any atom is 0.235 e. The summed E-state index contributed by atoms with van der Waals surface area (Å²) < 4.78 is 26.2. The molecule has 7 heteroatoms. The van der Waals surface area contributed by atoms with Crippen molar-refractivity contribution in [2.75, 3.05) is 11.1 Å². The molecule has 1 aromatic rings. The zero-order chi connectivity index (χ0) is 12.1. The first-order valence-corrected chi connectivity index (χ1v) is 5.20. The van der Waals surface area contributed by atoms with Crippen LogP contribution in [0.15, 0.2) is 18.2 Å². The molecule has 4 nitrogen and oxygen atoms in total. The zero-order valence-corrected chi connectivity index (χ0v) is 8.91. The number of nitrogens with one attached hydrogen (secondary N) is 2. The van der Waals surface area contributed by atoms with E-state index in [-0.39, 0.29) is 10.9 Å². The van der Waals surface area contributed by atoms with Gasteiger partial charge < -0.3 is 11.1 Å². The van der Waals surface area contributed by atoms with Crippen molar-refractivity contribution in [1.29, 1.82) is 5.41 Å². The molecule has 0 atom stereocenters. The molecule has 16 heavy (non-hydrogen) atoms. The Morgan fingerprint density at radius 2 is 2.00 bits per heavy atom. The van der Waals surface area contributed by atoms with Gasteiger partial charge in [0.15, 0.2) is 5.17 Å². The number of rotatable bonds is 3. The van der Waals surface area contributed by atoms with Crippen molar-refractivity contribution in [1.82, 2.24) is 0 Å². The predicted octanol–water partition coefficient (Wildman–Crippen LogP) is 1.53. The first-order chi connectivity index (χ1) is 7.50. The fraction of sp³-hybridized carbons (Fsp3) is 0.111. The number of anilines is 1. The lowest BCUT2D eigenvalue weighted by Gasteiger charge is -2.06. The highest BCUT2D eigenvalue weighted by Gasteiger charge is 2.11. The van der Waals surface area contributed by atoms with E-state index in [1.165, 1.54) is 6.07 Å². The number of carbonyl (C=O) groups is 1. The van der Waals surface area contributed by atoms with E-state index in [4.69, 9.17) is 11.1 Å². The highest BCUT2D eigenvalue weighted by molar-refractivity contribution is 8.14. The molecule has 0 aliphatic carbocycles. The van der Waals surface area contributed by atoms with Gasteiger partial charge in [-0.25, -0.2) is 8.78 Å². The molecule has 0 bridgehead atoms. The maximum absolute atomic E-state index is 13.1. The number of amidine groups is 1. The summed E-state index contributed by atoms with van der Waals surface area (Å²) in [6.45, 7) is 0. The second-order valence-corrected chi connectivity index (χ2v) is 3.81. The molecule has 0 spiro atoms. The molecule has 0 unspecified atom stereocenters. The lowest BCUT2D eigenvalue weighted by molar-refractivity contribution is -0.113. The molecule has 86 valence electrons. The number of hydrogen-bond donors (Lipinski definition) is 3. The number of carbonyl (C=O) groups excluding carboxylic acids is 1. The van der Waals surface area contributed by atoms with Gasteiger partial charge in [0.2, 0.25) is 5.91 Å². The second-order valence-electron chi connectivity index (χ2n) is 2.80. The number of thioether (sulfide) groups is 1.